The number of nitro groups is 1. The molecule has 0 amide bonds. The fraction of sp³-hybridized carbons (Fsp3) is 0.0769. The second kappa shape index (κ2) is 6.07. The zero-order valence-corrected chi connectivity index (χ0v) is 11.5. The summed E-state index contributed by atoms with van der Waals surface area (Å²) in [7, 11) is 0. The van der Waals surface area contributed by atoms with Crippen LogP contribution in [0.5, 0.6) is 11.5 Å². The summed E-state index contributed by atoms with van der Waals surface area (Å²) in [6, 6.07) is 7.69. The SMILES string of the molecule is O=[N+]([O-])c1ccc(Cl)cc1Oc1ccc(F)cc1CCl. The van der Waals surface area contributed by atoms with Gasteiger partial charge in [0.1, 0.15) is 11.6 Å². The maximum atomic E-state index is 13.1. The lowest BCUT2D eigenvalue weighted by Gasteiger charge is -2.10. The molecule has 0 atom stereocenters. The van der Waals surface area contributed by atoms with Crippen LogP contribution in [0.15, 0.2) is 36.4 Å². The number of alkyl halides is 1. The Morgan fingerprint density at radius 1 is 1.20 bits per heavy atom. The van der Waals surface area contributed by atoms with Gasteiger partial charge in [-0.05, 0) is 24.3 Å². The van der Waals surface area contributed by atoms with Crippen molar-refractivity contribution in [2.24, 2.45) is 0 Å². The van der Waals surface area contributed by atoms with E-state index in [-0.39, 0.29) is 23.1 Å². The largest absolute Gasteiger partial charge is 0.450 e. The van der Waals surface area contributed by atoms with E-state index in [4.69, 9.17) is 27.9 Å². The summed E-state index contributed by atoms with van der Waals surface area (Å²) in [6.45, 7) is 0. The summed E-state index contributed by atoms with van der Waals surface area (Å²) in [6.07, 6.45) is 0. The second-order valence-electron chi connectivity index (χ2n) is 3.86. The van der Waals surface area contributed by atoms with Crippen molar-refractivity contribution in [2.75, 3.05) is 0 Å². The standard InChI is InChI=1S/C13H8Cl2FNO3/c14-7-8-5-10(16)2-4-12(8)20-13-6-9(15)1-3-11(13)17(18)19/h1-6H,7H2. The molecule has 104 valence electrons. The first-order chi connectivity index (χ1) is 9.51. The van der Waals surface area contributed by atoms with Gasteiger partial charge >= 0.3 is 5.69 Å². The maximum Gasteiger partial charge on any atom is 0.311 e. The number of halogens is 3. The molecule has 20 heavy (non-hydrogen) atoms. The Kier molecular flexibility index (Phi) is 4.42. The molecular formula is C13H8Cl2FNO3. The van der Waals surface area contributed by atoms with Gasteiger partial charge in [0.25, 0.3) is 0 Å². The number of benzene rings is 2. The predicted octanol–water partition coefficient (Wildman–Crippen LogP) is 4.92. The quantitative estimate of drug-likeness (QED) is 0.457. The van der Waals surface area contributed by atoms with Crippen molar-refractivity contribution >= 4 is 28.9 Å². The van der Waals surface area contributed by atoms with E-state index in [1.54, 1.807) is 0 Å². The van der Waals surface area contributed by atoms with Crippen molar-refractivity contribution in [3.05, 3.63) is 62.9 Å². The van der Waals surface area contributed by atoms with Gasteiger partial charge in [-0.3, -0.25) is 10.1 Å². The molecule has 4 nitrogen and oxygen atoms in total. The highest BCUT2D eigenvalue weighted by atomic mass is 35.5. The average Bonchev–Trinajstić information content (AvgIpc) is 2.40. The van der Waals surface area contributed by atoms with Crippen molar-refractivity contribution in [3.63, 3.8) is 0 Å². The van der Waals surface area contributed by atoms with Crippen LogP contribution in [0.3, 0.4) is 0 Å². The van der Waals surface area contributed by atoms with E-state index in [1.807, 2.05) is 0 Å². The normalized spacial score (nSPS) is 10.3. The van der Waals surface area contributed by atoms with Gasteiger partial charge in [0.15, 0.2) is 0 Å². The lowest BCUT2D eigenvalue weighted by molar-refractivity contribution is -0.385. The predicted molar refractivity (Wildman–Crippen MR) is 74.1 cm³/mol. The van der Waals surface area contributed by atoms with Crippen LogP contribution in [0.1, 0.15) is 5.56 Å². The Balaban J connectivity index is 2.44. The molecule has 0 aliphatic rings. The fourth-order valence-corrected chi connectivity index (χ4v) is 1.96. The average molecular weight is 316 g/mol. The number of hydrogen-bond acceptors (Lipinski definition) is 3. The fourth-order valence-electron chi connectivity index (χ4n) is 1.59. The molecule has 0 N–H and O–H groups in total. The maximum absolute atomic E-state index is 13.1. The van der Waals surface area contributed by atoms with Crippen molar-refractivity contribution in [1.29, 1.82) is 0 Å². The third-order valence-electron chi connectivity index (χ3n) is 2.50. The smallest absolute Gasteiger partial charge is 0.311 e. The molecule has 2 aromatic carbocycles. The number of rotatable bonds is 4. The van der Waals surface area contributed by atoms with E-state index in [0.29, 0.717) is 10.6 Å². The molecule has 0 radical (unpaired) electrons. The third kappa shape index (κ3) is 3.18. The van der Waals surface area contributed by atoms with Crippen LogP contribution in [0, 0.1) is 15.9 Å². The number of nitrogens with zero attached hydrogens (tertiary/aromatic N) is 1. The lowest BCUT2D eigenvalue weighted by Crippen LogP contribution is -1.95. The van der Waals surface area contributed by atoms with E-state index >= 15 is 0 Å². The first kappa shape index (κ1) is 14.6. The number of ether oxygens (including phenoxy) is 1. The zero-order chi connectivity index (χ0) is 14.7. The van der Waals surface area contributed by atoms with Crippen LogP contribution in [-0.2, 0) is 5.88 Å². The molecule has 2 rings (SSSR count). The topological polar surface area (TPSA) is 52.4 Å². The highest BCUT2D eigenvalue weighted by molar-refractivity contribution is 6.30. The molecule has 7 heteroatoms. The van der Waals surface area contributed by atoms with E-state index in [0.717, 1.165) is 0 Å². The van der Waals surface area contributed by atoms with Crippen molar-refractivity contribution in [3.8, 4) is 11.5 Å². The van der Waals surface area contributed by atoms with Gasteiger partial charge in [0.2, 0.25) is 5.75 Å². The van der Waals surface area contributed by atoms with Gasteiger partial charge in [-0.15, -0.1) is 11.6 Å². The molecule has 0 saturated heterocycles. The number of hydrogen-bond donors (Lipinski definition) is 0. The minimum Gasteiger partial charge on any atom is -0.450 e. The van der Waals surface area contributed by atoms with E-state index in [9.17, 15) is 14.5 Å². The summed E-state index contributed by atoms with van der Waals surface area (Å²) in [5.74, 6) is -0.234. The Morgan fingerprint density at radius 2 is 1.95 bits per heavy atom. The lowest BCUT2D eigenvalue weighted by atomic mass is 10.2. The first-order valence-electron chi connectivity index (χ1n) is 5.47. The molecule has 0 spiro atoms. The van der Waals surface area contributed by atoms with E-state index in [2.05, 4.69) is 0 Å². The van der Waals surface area contributed by atoms with Gasteiger partial charge in [0, 0.05) is 22.7 Å². The van der Waals surface area contributed by atoms with Gasteiger partial charge in [-0.2, -0.15) is 0 Å². The van der Waals surface area contributed by atoms with Crippen LogP contribution >= 0.6 is 23.2 Å². The minimum absolute atomic E-state index is 0.0153. The first-order valence-corrected chi connectivity index (χ1v) is 6.38. The Hall–Kier alpha value is -1.85. The molecule has 2 aromatic rings. The summed E-state index contributed by atoms with van der Waals surface area (Å²) in [5, 5.41) is 11.2. The van der Waals surface area contributed by atoms with Crippen LogP contribution in [0.25, 0.3) is 0 Å². The summed E-state index contributed by atoms with van der Waals surface area (Å²) in [5.41, 5.74) is 0.153. The van der Waals surface area contributed by atoms with E-state index in [1.165, 1.54) is 36.4 Å². The van der Waals surface area contributed by atoms with Crippen LogP contribution in [-0.4, -0.2) is 4.92 Å². The Bertz CT molecular complexity index is 664. The van der Waals surface area contributed by atoms with Crippen LogP contribution < -0.4 is 4.74 Å². The summed E-state index contributed by atoms with van der Waals surface area (Å²) in [4.78, 5) is 10.3. The van der Waals surface area contributed by atoms with Crippen molar-refractivity contribution in [2.45, 2.75) is 5.88 Å². The minimum atomic E-state index is -0.588. The molecule has 0 bridgehead atoms. The number of nitro benzene ring substituents is 1. The molecule has 0 aromatic heterocycles. The van der Waals surface area contributed by atoms with Gasteiger partial charge in [0.05, 0.1) is 10.8 Å². The highest BCUT2D eigenvalue weighted by Gasteiger charge is 2.17. The van der Waals surface area contributed by atoms with Crippen LogP contribution in [0.4, 0.5) is 10.1 Å². The van der Waals surface area contributed by atoms with Crippen molar-refractivity contribution in [1.82, 2.24) is 0 Å². The summed E-state index contributed by atoms with van der Waals surface area (Å²) >= 11 is 11.5. The molecule has 0 saturated carbocycles. The Morgan fingerprint density at radius 3 is 2.60 bits per heavy atom. The summed E-state index contributed by atoms with van der Waals surface area (Å²) < 4.78 is 18.6. The van der Waals surface area contributed by atoms with Crippen molar-refractivity contribution < 1.29 is 14.1 Å². The monoisotopic (exact) mass is 315 g/mol. The molecule has 0 heterocycles. The second-order valence-corrected chi connectivity index (χ2v) is 4.56. The van der Waals surface area contributed by atoms with Crippen LogP contribution in [0.2, 0.25) is 5.02 Å². The van der Waals surface area contributed by atoms with Gasteiger partial charge < -0.3 is 4.74 Å². The molecule has 0 aliphatic heterocycles. The molecule has 0 aliphatic carbocycles. The molecule has 0 fully saturated rings. The Labute approximate surface area is 123 Å². The highest BCUT2D eigenvalue weighted by Crippen LogP contribution is 2.35. The van der Waals surface area contributed by atoms with Gasteiger partial charge in [-0.1, -0.05) is 11.6 Å². The third-order valence-corrected chi connectivity index (χ3v) is 3.03. The molecule has 0 unspecified atom stereocenters. The van der Waals surface area contributed by atoms with E-state index < -0.39 is 10.7 Å². The zero-order valence-electron chi connectivity index (χ0n) is 9.98. The van der Waals surface area contributed by atoms with Gasteiger partial charge in [-0.25, -0.2) is 4.39 Å². The molecular weight excluding hydrogens is 308 g/mol.